The summed E-state index contributed by atoms with van der Waals surface area (Å²) in [5.41, 5.74) is 7.24. The van der Waals surface area contributed by atoms with Crippen molar-refractivity contribution in [2.75, 3.05) is 0 Å². The van der Waals surface area contributed by atoms with Crippen LogP contribution in [0.4, 0.5) is 0 Å². The lowest BCUT2D eigenvalue weighted by molar-refractivity contribution is -0.121. The third-order valence-corrected chi connectivity index (χ3v) is 5.08. The highest BCUT2D eigenvalue weighted by Crippen LogP contribution is 2.25. The highest BCUT2D eigenvalue weighted by molar-refractivity contribution is 5.78. The Morgan fingerprint density at radius 2 is 1.81 bits per heavy atom. The van der Waals surface area contributed by atoms with E-state index in [2.05, 4.69) is 48.9 Å². The molecule has 1 heterocycles. The van der Waals surface area contributed by atoms with Crippen LogP contribution in [0.1, 0.15) is 60.8 Å². The number of nitrogens with zero attached hydrogens (tertiary/aromatic N) is 2. The topological polar surface area (TPSA) is 46.9 Å². The minimum Gasteiger partial charge on any atom is -0.346 e. The van der Waals surface area contributed by atoms with Gasteiger partial charge in [-0.1, -0.05) is 36.8 Å². The van der Waals surface area contributed by atoms with Gasteiger partial charge in [0.2, 0.25) is 5.91 Å². The van der Waals surface area contributed by atoms with Crippen LogP contribution in [0.15, 0.2) is 36.4 Å². The second kappa shape index (κ2) is 7.95. The summed E-state index contributed by atoms with van der Waals surface area (Å²) in [5.74, 6) is 0.978. The van der Waals surface area contributed by atoms with Gasteiger partial charge in [0.1, 0.15) is 5.82 Å². The van der Waals surface area contributed by atoms with E-state index < -0.39 is 0 Å². The standard InChI is InChI=1S/C23H29N3O/c1-6-9-22(27)24-18(5)23-25-20-10-7-8-11-21(20)26(23)14-19-16(3)12-15(2)13-17(19)4/h7-8,10-13,18H,6,9,14H2,1-5H3,(H,24,27). The van der Waals surface area contributed by atoms with Crippen molar-refractivity contribution in [3.63, 3.8) is 0 Å². The Balaban J connectivity index is 2.05. The molecule has 4 heteroatoms. The lowest BCUT2D eigenvalue weighted by atomic mass is 9.99. The van der Waals surface area contributed by atoms with Gasteiger partial charge in [-0.05, 0) is 62.9 Å². The Hall–Kier alpha value is -2.62. The molecule has 3 rings (SSSR count). The number of aryl methyl sites for hydroxylation is 3. The number of fused-ring (bicyclic) bond motifs is 1. The zero-order valence-corrected chi connectivity index (χ0v) is 17.0. The zero-order chi connectivity index (χ0) is 19.6. The molecule has 4 nitrogen and oxygen atoms in total. The molecule has 0 saturated heterocycles. The molecule has 0 fully saturated rings. The molecule has 0 radical (unpaired) electrons. The fraction of sp³-hybridized carbons (Fsp3) is 0.391. The van der Waals surface area contributed by atoms with Crippen molar-refractivity contribution in [2.24, 2.45) is 0 Å². The molecule has 1 unspecified atom stereocenters. The first-order chi connectivity index (χ1) is 12.9. The summed E-state index contributed by atoms with van der Waals surface area (Å²) in [7, 11) is 0. The molecule has 0 saturated carbocycles. The van der Waals surface area contributed by atoms with E-state index in [4.69, 9.17) is 4.98 Å². The van der Waals surface area contributed by atoms with Gasteiger partial charge in [-0.2, -0.15) is 0 Å². The molecular weight excluding hydrogens is 334 g/mol. The smallest absolute Gasteiger partial charge is 0.220 e. The number of nitrogens with one attached hydrogen (secondary N) is 1. The number of carbonyl (C=O) groups is 1. The maximum absolute atomic E-state index is 12.1. The number of amides is 1. The van der Waals surface area contributed by atoms with Crippen LogP contribution in [0.25, 0.3) is 11.0 Å². The molecule has 1 N–H and O–H groups in total. The van der Waals surface area contributed by atoms with Crippen molar-refractivity contribution in [2.45, 2.75) is 60.0 Å². The van der Waals surface area contributed by atoms with Crippen molar-refractivity contribution in [1.29, 1.82) is 0 Å². The van der Waals surface area contributed by atoms with E-state index in [1.807, 2.05) is 32.0 Å². The number of para-hydroxylation sites is 2. The van der Waals surface area contributed by atoms with E-state index in [0.29, 0.717) is 6.42 Å². The molecule has 0 aliphatic rings. The summed E-state index contributed by atoms with van der Waals surface area (Å²) < 4.78 is 2.25. The SMILES string of the molecule is CCCC(=O)NC(C)c1nc2ccccc2n1Cc1c(C)cc(C)cc1C. The largest absolute Gasteiger partial charge is 0.346 e. The molecule has 0 aliphatic heterocycles. The predicted octanol–water partition coefficient (Wildman–Crippen LogP) is 4.99. The van der Waals surface area contributed by atoms with Crippen LogP contribution in [0, 0.1) is 20.8 Å². The highest BCUT2D eigenvalue weighted by Gasteiger charge is 2.19. The Morgan fingerprint density at radius 1 is 1.15 bits per heavy atom. The second-order valence-electron chi connectivity index (χ2n) is 7.46. The predicted molar refractivity (Wildman–Crippen MR) is 111 cm³/mol. The van der Waals surface area contributed by atoms with Gasteiger partial charge in [-0.15, -0.1) is 0 Å². The van der Waals surface area contributed by atoms with Gasteiger partial charge < -0.3 is 9.88 Å². The molecule has 3 aromatic rings. The van der Waals surface area contributed by atoms with Crippen LogP contribution < -0.4 is 5.32 Å². The molecule has 142 valence electrons. The third kappa shape index (κ3) is 4.05. The monoisotopic (exact) mass is 363 g/mol. The minimum absolute atomic E-state index is 0.0753. The summed E-state index contributed by atoms with van der Waals surface area (Å²) in [6, 6.07) is 12.5. The molecule has 1 atom stereocenters. The average Bonchev–Trinajstić information content (AvgIpc) is 2.97. The van der Waals surface area contributed by atoms with Gasteiger partial charge in [0.05, 0.1) is 17.1 Å². The van der Waals surface area contributed by atoms with Crippen LogP contribution in [0.2, 0.25) is 0 Å². The van der Waals surface area contributed by atoms with Crippen LogP contribution in [0.3, 0.4) is 0 Å². The van der Waals surface area contributed by atoms with Crippen LogP contribution >= 0.6 is 0 Å². The number of aromatic nitrogens is 2. The Bertz CT molecular complexity index is 948. The van der Waals surface area contributed by atoms with E-state index in [1.54, 1.807) is 0 Å². The zero-order valence-electron chi connectivity index (χ0n) is 17.0. The van der Waals surface area contributed by atoms with Crippen LogP contribution in [-0.2, 0) is 11.3 Å². The average molecular weight is 364 g/mol. The molecule has 0 bridgehead atoms. The van der Waals surface area contributed by atoms with Crippen LogP contribution in [-0.4, -0.2) is 15.5 Å². The second-order valence-corrected chi connectivity index (χ2v) is 7.46. The van der Waals surface area contributed by atoms with Crippen molar-refractivity contribution >= 4 is 16.9 Å². The van der Waals surface area contributed by atoms with E-state index in [-0.39, 0.29) is 11.9 Å². The number of hydrogen-bond acceptors (Lipinski definition) is 2. The maximum Gasteiger partial charge on any atom is 0.220 e. The minimum atomic E-state index is -0.137. The number of carbonyl (C=O) groups excluding carboxylic acids is 1. The van der Waals surface area contributed by atoms with Crippen molar-refractivity contribution in [3.8, 4) is 0 Å². The highest BCUT2D eigenvalue weighted by atomic mass is 16.1. The first kappa shape index (κ1) is 19.2. The number of rotatable bonds is 6. The molecule has 2 aromatic carbocycles. The number of imidazole rings is 1. The molecule has 1 aromatic heterocycles. The van der Waals surface area contributed by atoms with Gasteiger partial charge >= 0.3 is 0 Å². The molecule has 27 heavy (non-hydrogen) atoms. The number of benzene rings is 2. The molecule has 0 spiro atoms. The fourth-order valence-electron chi connectivity index (χ4n) is 3.81. The summed E-state index contributed by atoms with van der Waals surface area (Å²) in [5, 5.41) is 3.10. The molecule has 1 amide bonds. The summed E-state index contributed by atoms with van der Waals surface area (Å²) in [6.45, 7) is 11.2. The van der Waals surface area contributed by atoms with Gasteiger partial charge in [0.25, 0.3) is 0 Å². The van der Waals surface area contributed by atoms with Gasteiger partial charge in [0.15, 0.2) is 0 Å². The summed E-state index contributed by atoms with van der Waals surface area (Å²) in [4.78, 5) is 17.0. The van der Waals surface area contributed by atoms with Gasteiger partial charge in [0, 0.05) is 13.0 Å². The van der Waals surface area contributed by atoms with Crippen molar-refractivity contribution in [1.82, 2.24) is 14.9 Å². The number of hydrogen-bond donors (Lipinski definition) is 1. The fourth-order valence-corrected chi connectivity index (χ4v) is 3.81. The van der Waals surface area contributed by atoms with Gasteiger partial charge in [-0.3, -0.25) is 4.79 Å². The van der Waals surface area contributed by atoms with E-state index in [0.717, 1.165) is 29.8 Å². The Labute approximate surface area is 161 Å². The Morgan fingerprint density at radius 3 is 2.48 bits per heavy atom. The van der Waals surface area contributed by atoms with E-state index >= 15 is 0 Å². The maximum atomic E-state index is 12.1. The van der Waals surface area contributed by atoms with Crippen LogP contribution in [0.5, 0.6) is 0 Å². The molecule has 0 aliphatic carbocycles. The first-order valence-corrected chi connectivity index (χ1v) is 9.72. The third-order valence-electron chi connectivity index (χ3n) is 5.08. The lowest BCUT2D eigenvalue weighted by Gasteiger charge is -2.18. The first-order valence-electron chi connectivity index (χ1n) is 9.72. The normalized spacial score (nSPS) is 12.3. The van der Waals surface area contributed by atoms with Crippen molar-refractivity contribution < 1.29 is 4.79 Å². The lowest BCUT2D eigenvalue weighted by Crippen LogP contribution is -2.28. The van der Waals surface area contributed by atoms with Crippen molar-refractivity contribution in [3.05, 3.63) is 64.5 Å². The summed E-state index contributed by atoms with van der Waals surface area (Å²) >= 11 is 0. The summed E-state index contributed by atoms with van der Waals surface area (Å²) in [6.07, 6.45) is 1.39. The Kier molecular flexibility index (Phi) is 5.64. The van der Waals surface area contributed by atoms with E-state index in [1.165, 1.54) is 22.3 Å². The van der Waals surface area contributed by atoms with E-state index in [9.17, 15) is 4.79 Å². The van der Waals surface area contributed by atoms with Gasteiger partial charge in [-0.25, -0.2) is 4.98 Å². The quantitative estimate of drug-likeness (QED) is 0.671. The molecular formula is C23H29N3O.